The lowest BCUT2D eigenvalue weighted by atomic mass is 10.2. The van der Waals surface area contributed by atoms with Crippen molar-refractivity contribution in [2.45, 2.75) is 26.9 Å². The Kier molecular flexibility index (Phi) is 7.59. The van der Waals surface area contributed by atoms with Gasteiger partial charge in [-0.25, -0.2) is 9.98 Å². The number of guanidine groups is 1. The molecule has 3 rings (SSSR count). The fourth-order valence-corrected chi connectivity index (χ4v) is 3.50. The quantitative estimate of drug-likeness (QED) is 0.405. The molecule has 0 atom stereocenters. The van der Waals surface area contributed by atoms with Crippen LogP contribution in [0.5, 0.6) is 17.2 Å². The molecular weight excluding hydrogens is 394 g/mol. The fraction of sp³-hybridized carbons (Fsp3) is 0.391. The summed E-state index contributed by atoms with van der Waals surface area (Å²) < 4.78 is 18.5. The van der Waals surface area contributed by atoms with E-state index in [2.05, 4.69) is 26.3 Å². The number of nitrogens with one attached hydrogen (secondary N) is 2. The van der Waals surface area contributed by atoms with Crippen LogP contribution >= 0.6 is 0 Å². The van der Waals surface area contributed by atoms with E-state index < -0.39 is 0 Å². The van der Waals surface area contributed by atoms with E-state index in [0.717, 1.165) is 48.0 Å². The first-order valence-electron chi connectivity index (χ1n) is 10.3. The van der Waals surface area contributed by atoms with Crippen molar-refractivity contribution in [1.82, 2.24) is 20.2 Å². The van der Waals surface area contributed by atoms with Crippen LogP contribution in [0.2, 0.25) is 0 Å². The van der Waals surface area contributed by atoms with Gasteiger partial charge < -0.3 is 29.4 Å². The van der Waals surface area contributed by atoms with Crippen molar-refractivity contribution >= 4 is 17.0 Å². The van der Waals surface area contributed by atoms with E-state index in [4.69, 9.17) is 19.2 Å². The summed E-state index contributed by atoms with van der Waals surface area (Å²) in [6.45, 7) is 6.84. The monoisotopic (exact) mass is 425 g/mol. The average Bonchev–Trinajstić information content (AvgIpc) is 3.11. The van der Waals surface area contributed by atoms with Crippen molar-refractivity contribution in [3.05, 3.63) is 47.8 Å². The Bertz CT molecular complexity index is 1020. The first kappa shape index (κ1) is 22.3. The minimum atomic E-state index is 0.471. The predicted molar refractivity (Wildman–Crippen MR) is 123 cm³/mol. The Balaban J connectivity index is 1.70. The van der Waals surface area contributed by atoms with Crippen LogP contribution in [-0.4, -0.2) is 49.9 Å². The summed E-state index contributed by atoms with van der Waals surface area (Å²) in [5.41, 5.74) is 3.12. The minimum Gasteiger partial charge on any atom is -0.493 e. The topological polar surface area (TPSA) is 81.9 Å². The molecule has 2 aromatic carbocycles. The minimum absolute atomic E-state index is 0.471. The van der Waals surface area contributed by atoms with Crippen molar-refractivity contribution in [2.24, 2.45) is 4.99 Å². The number of imidazole rings is 1. The van der Waals surface area contributed by atoms with Gasteiger partial charge in [-0.3, -0.25) is 0 Å². The van der Waals surface area contributed by atoms with Crippen molar-refractivity contribution in [2.75, 3.05) is 34.4 Å². The molecule has 31 heavy (non-hydrogen) atoms. The second-order valence-corrected chi connectivity index (χ2v) is 6.95. The van der Waals surface area contributed by atoms with Crippen molar-refractivity contribution in [3.63, 3.8) is 0 Å². The number of rotatable bonds is 9. The summed E-state index contributed by atoms with van der Waals surface area (Å²) in [5.74, 6) is 3.56. The molecule has 8 nitrogen and oxygen atoms in total. The van der Waals surface area contributed by atoms with Crippen LogP contribution in [0.3, 0.4) is 0 Å². The van der Waals surface area contributed by atoms with Gasteiger partial charge in [-0.15, -0.1) is 0 Å². The molecule has 0 unspecified atom stereocenters. The summed E-state index contributed by atoms with van der Waals surface area (Å²) in [4.78, 5) is 9.34. The van der Waals surface area contributed by atoms with Crippen LogP contribution in [0, 0.1) is 6.92 Å². The third-order valence-electron chi connectivity index (χ3n) is 4.96. The molecule has 0 bridgehead atoms. The highest BCUT2D eigenvalue weighted by atomic mass is 16.5. The lowest BCUT2D eigenvalue weighted by Gasteiger charge is -2.15. The van der Waals surface area contributed by atoms with E-state index in [1.165, 1.54) is 0 Å². The molecule has 0 radical (unpaired) electrons. The zero-order valence-electron chi connectivity index (χ0n) is 18.9. The zero-order valence-corrected chi connectivity index (χ0v) is 18.9. The largest absolute Gasteiger partial charge is 0.493 e. The third kappa shape index (κ3) is 5.20. The number of hydrogen-bond acceptors (Lipinski definition) is 5. The highest BCUT2D eigenvalue weighted by Gasteiger charge is 2.13. The fourth-order valence-electron chi connectivity index (χ4n) is 3.50. The zero-order chi connectivity index (χ0) is 22.2. The molecule has 0 aliphatic rings. The smallest absolute Gasteiger partial charge is 0.203 e. The number of aliphatic imine (C=N–C) groups is 1. The van der Waals surface area contributed by atoms with E-state index in [0.29, 0.717) is 23.8 Å². The van der Waals surface area contributed by atoms with Gasteiger partial charge in [0.1, 0.15) is 5.82 Å². The van der Waals surface area contributed by atoms with Crippen molar-refractivity contribution in [3.8, 4) is 17.2 Å². The Hall–Kier alpha value is -3.42. The number of ether oxygens (including phenoxy) is 3. The summed E-state index contributed by atoms with van der Waals surface area (Å²) >= 11 is 0. The second kappa shape index (κ2) is 10.6. The molecule has 0 amide bonds. The summed E-state index contributed by atoms with van der Waals surface area (Å²) in [6, 6.07) is 12.0. The van der Waals surface area contributed by atoms with Crippen LogP contribution in [0.15, 0.2) is 41.4 Å². The van der Waals surface area contributed by atoms with Crippen molar-refractivity contribution in [1.29, 1.82) is 0 Å². The Morgan fingerprint density at radius 3 is 2.39 bits per heavy atom. The summed E-state index contributed by atoms with van der Waals surface area (Å²) in [6.07, 6.45) is 0. The van der Waals surface area contributed by atoms with E-state index in [1.807, 2.05) is 44.2 Å². The molecule has 3 aromatic rings. The lowest BCUT2D eigenvalue weighted by Crippen LogP contribution is -2.38. The van der Waals surface area contributed by atoms with E-state index in [-0.39, 0.29) is 0 Å². The maximum absolute atomic E-state index is 5.43. The van der Waals surface area contributed by atoms with Crippen LogP contribution in [0.1, 0.15) is 18.3 Å². The van der Waals surface area contributed by atoms with E-state index in [9.17, 15) is 0 Å². The predicted octanol–water partition coefficient (Wildman–Crippen LogP) is 3.13. The number of para-hydroxylation sites is 2. The van der Waals surface area contributed by atoms with Gasteiger partial charge in [-0.1, -0.05) is 12.1 Å². The first-order chi connectivity index (χ1) is 15.1. The molecule has 2 N–H and O–H groups in total. The number of aromatic nitrogens is 2. The van der Waals surface area contributed by atoms with Gasteiger partial charge in [-0.05, 0) is 43.7 Å². The molecule has 166 valence electrons. The summed E-state index contributed by atoms with van der Waals surface area (Å²) in [5, 5.41) is 6.70. The molecule has 1 heterocycles. The van der Waals surface area contributed by atoms with E-state index >= 15 is 0 Å². The van der Waals surface area contributed by atoms with Gasteiger partial charge in [0.05, 0.1) is 38.9 Å². The van der Waals surface area contributed by atoms with Crippen LogP contribution < -0.4 is 24.8 Å². The maximum atomic E-state index is 5.43. The normalized spacial score (nSPS) is 11.5. The Labute approximate surface area is 183 Å². The third-order valence-corrected chi connectivity index (χ3v) is 4.96. The van der Waals surface area contributed by atoms with Gasteiger partial charge >= 0.3 is 0 Å². The molecule has 0 spiro atoms. The van der Waals surface area contributed by atoms with Gasteiger partial charge in [0.2, 0.25) is 5.75 Å². The molecule has 1 aromatic heterocycles. The maximum Gasteiger partial charge on any atom is 0.203 e. The SMILES string of the molecule is CCNC(=NCc1cc(OC)c(OC)c(OC)c1)NCCn1c(C)nc2ccccc21. The number of fused-ring (bicyclic) bond motifs is 1. The van der Waals surface area contributed by atoms with Crippen LogP contribution in [-0.2, 0) is 13.1 Å². The second-order valence-electron chi connectivity index (χ2n) is 6.95. The summed E-state index contributed by atoms with van der Waals surface area (Å²) in [7, 11) is 4.81. The standard InChI is InChI=1S/C23H31N5O3/c1-6-24-23(25-11-12-28-16(2)27-18-9-7-8-10-19(18)28)26-15-17-13-20(29-3)22(31-5)21(14-17)30-4/h7-10,13-14H,6,11-12,15H2,1-5H3,(H2,24,25,26). The lowest BCUT2D eigenvalue weighted by molar-refractivity contribution is 0.324. The average molecular weight is 426 g/mol. The number of aryl methyl sites for hydroxylation is 1. The number of benzene rings is 2. The van der Waals surface area contributed by atoms with Crippen LogP contribution in [0.4, 0.5) is 0 Å². The van der Waals surface area contributed by atoms with Crippen molar-refractivity contribution < 1.29 is 14.2 Å². The molecular formula is C23H31N5O3. The molecule has 8 heteroatoms. The van der Waals surface area contributed by atoms with Crippen LogP contribution in [0.25, 0.3) is 11.0 Å². The number of hydrogen-bond donors (Lipinski definition) is 2. The highest BCUT2D eigenvalue weighted by molar-refractivity contribution is 5.80. The number of methoxy groups -OCH3 is 3. The molecule has 0 saturated carbocycles. The van der Waals surface area contributed by atoms with E-state index in [1.54, 1.807) is 21.3 Å². The molecule has 0 aliphatic heterocycles. The Morgan fingerprint density at radius 1 is 1.03 bits per heavy atom. The Morgan fingerprint density at radius 2 is 1.74 bits per heavy atom. The van der Waals surface area contributed by atoms with Gasteiger partial charge in [0, 0.05) is 19.6 Å². The van der Waals surface area contributed by atoms with Gasteiger partial charge in [0.15, 0.2) is 17.5 Å². The van der Waals surface area contributed by atoms with Gasteiger partial charge in [0.25, 0.3) is 0 Å². The molecule has 0 fully saturated rings. The highest BCUT2D eigenvalue weighted by Crippen LogP contribution is 2.38. The van der Waals surface area contributed by atoms with Gasteiger partial charge in [-0.2, -0.15) is 0 Å². The molecule has 0 saturated heterocycles. The first-order valence-corrected chi connectivity index (χ1v) is 10.3. The number of nitrogens with zero attached hydrogens (tertiary/aromatic N) is 3. The molecule has 0 aliphatic carbocycles.